The van der Waals surface area contributed by atoms with Crippen LogP contribution in [-0.2, 0) is 9.53 Å². The van der Waals surface area contributed by atoms with Gasteiger partial charge in [0.2, 0.25) is 0 Å². The minimum absolute atomic E-state index is 0.0363. The molecular formula is C13H21NO4. The molecule has 102 valence electrons. The lowest BCUT2D eigenvalue weighted by Crippen LogP contribution is -2.53. The molecule has 2 saturated heterocycles. The van der Waals surface area contributed by atoms with Crippen LogP contribution in [0.3, 0.4) is 0 Å². The maximum Gasteiger partial charge on any atom is 0.407 e. The molecule has 3 unspecified atom stereocenters. The van der Waals surface area contributed by atoms with Gasteiger partial charge in [0.1, 0.15) is 0 Å². The Kier molecular flexibility index (Phi) is 2.83. The molecule has 5 heteroatoms. The lowest BCUT2D eigenvalue weighted by Gasteiger charge is -2.44. The van der Waals surface area contributed by atoms with Crippen molar-refractivity contribution in [1.82, 2.24) is 4.90 Å². The third kappa shape index (κ3) is 1.45. The molecule has 2 heterocycles. The number of ether oxygens (including phenoxy) is 1. The van der Waals surface area contributed by atoms with Crippen molar-refractivity contribution in [2.45, 2.75) is 52.1 Å². The molecule has 0 aromatic rings. The van der Waals surface area contributed by atoms with Crippen LogP contribution in [0.4, 0.5) is 4.79 Å². The molecule has 2 bridgehead atoms. The van der Waals surface area contributed by atoms with Gasteiger partial charge in [-0.05, 0) is 24.7 Å². The standard InChI is InChI=1S/C13H21NO4/c1-12(2,3)13(10(15)18-4)7-8-5-6-9(13)14(8)11(16)17/h8-9H,5-7H2,1-4H3,(H,16,17). The summed E-state index contributed by atoms with van der Waals surface area (Å²) in [7, 11) is 1.38. The second-order valence-electron chi connectivity index (χ2n) is 6.35. The van der Waals surface area contributed by atoms with E-state index in [-0.39, 0.29) is 23.5 Å². The quantitative estimate of drug-likeness (QED) is 0.729. The minimum Gasteiger partial charge on any atom is -0.469 e. The van der Waals surface area contributed by atoms with Crippen molar-refractivity contribution in [2.75, 3.05) is 7.11 Å². The molecule has 0 aromatic carbocycles. The van der Waals surface area contributed by atoms with Gasteiger partial charge in [-0.1, -0.05) is 20.8 Å². The van der Waals surface area contributed by atoms with Gasteiger partial charge in [-0.15, -0.1) is 0 Å². The Morgan fingerprint density at radius 1 is 1.33 bits per heavy atom. The van der Waals surface area contributed by atoms with E-state index in [2.05, 4.69) is 0 Å². The zero-order chi connectivity index (χ0) is 13.7. The average molecular weight is 255 g/mol. The van der Waals surface area contributed by atoms with Gasteiger partial charge in [-0.2, -0.15) is 0 Å². The van der Waals surface area contributed by atoms with E-state index in [1.807, 2.05) is 20.8 Å². The molecule has 2 aliphatic rings. The number of hydrogen-bond acceptors (Lipinski definition) is 3. The maximum absolute atomic E-state index is 12.3. The van der Waals surface area contributed by atoms with Crippen molar-refractivity contribution in [3.05, 3.63) is 0 Å². The average Bonchev–Trinajstić information content (AvgIpc) is 2.82. The molecule has 1 N–H and O–H groups in total. The number of esters is 1. The Bertz CT molecular complexity index is 387. The van der Waals surface area contributed by atoms with E-state index < -0.39 is 11.5 Å². The lowest BCUT2D eigenvalue weighted by molar-refractivity contribution is -0.163. The fourth-order valence-electron chi connectivity index (χ4n) is 3.88. The smallest absolute Gasteiger partial charge is 0.407 e. The van der Waals surface area contributed by atoms with E-state index in [1.54, 1.807) is 0 Å². The molecule has 0 saturated carbocycles. The minimum atomic E-state index is -0.919. The third-order valence-electron chi connectivity index (χ3n) is 4.74. The Labute approximate surface area is 107 Å². The molecule has 5 nitrogen and oxygen atoms in total. The van der Waals surface area contributed by atoms with E-state index in [9.17, 15) is 14.7 Å². The summed E-state index contributed by atoms with van der Waals surface area (Å²) in [6.07, 6.45) is 1.27. The highest BCUT2D eigenvalue weighted by atomic mass is 16.5. The molecule has 0 aliphatic carbocycles. The van der Waals surface area contributed by atoms with Gasteiger partial charge in [0.15, 0.2) is 0 Å². The first-order valence-electron chi connectivity index (χ1n) is 6.35. The number of hydrogen-bond donors (Lipinski definition) is 1. The Balaban J connectivity index is 2.47. The van der Waals surface area contributed by atoms with Crippen LogP contribution in [0.2, 0.25) is 0 Å². The maximum atomic E-state index is 12.3. The molecule has 18 heavy (non-hydrogen) atoms. The van der Waals surface area contributed by atoms with E-state index in [0.29, 0.717) is 6.42 Å². The number of carbonyl (C=O) groups is 2. The number of methoxy groups -OCH3 is 1. The van der Waals surface area contributed by atoms with E-state index in [4.69, 9.17) is 4.74 Å². The van der Waals surface area contributed by atoms with E-state index in [1.165, 1.54) is 12.0 Å². The Morgan fingerprint density at radius 2 is 1.94 bits per heavy atom. The topological polar surface area (TPSA) is 66.8 Å². The van der Waals surface area contributed by atoms with Crippen LogP contribution in [0.5, 0.6) is 0 Å². The summed E-state index contributed by atoms with van der Waals surface area (Å²) in [5.74, 6) is -0.270. The summed E-state index contributed by atoms with van der Waals surface area (Å²) in [6.45, 7) is 5.97. The lowest BCUT2D eigenvalue weighted by atomic mass is 9.59. The molecule has 0 aromatic heterocycles. The van der Waals surface area contributed by atoms with Crippen LogP contribution in [-0.4, -0.2) is 41.3 Å². The number of carboxylic acid groups (broad SMARTS) is 1. The van der Waals surface area contributed by atoms with Crippen LogP contribution in [0.1, 0.15) is 40.0 Å². The highest BCUT2D eigenvalue weighted by Crippen LogP contribution is 2.58. The Morgan fingerprint density at radius 3 is 2.33 bits per heavy atom. The SMILES string of the molecule is COC(=O)C1(C(C)(C)C)CC2CCC1N2C(=O)O. The summed E-state index contributed by atoms with van der Waals surface area (Å²) in [4.78, 5) is 25.1. The highest BCUT2D eigenvalue weighted by molar-refractivity contribution is 5.82. The monoisotopic (exact) mass is 255 g/mol. The van der Waals surface area contributed by atoms with Crippen molar-refractivity contribution in [3.63, 3.8) is 0 Å². The molecule has 3 atom stereocenters. The van der Waals surface area contributed by atoms with E-state index in [0.717, 1.165) is 12.8 Å². The molecule has 2 aliphatic heterocycles. The van der Waals surface area contributed by atoms with Gasteiger partial charge in [0.05, 0.1) is 18.6 Å². The molecule has 0 spiro atoms. The normalized spacial score (nSPS) is 34.8. The first kappa shape index (κ1) is 13.2. The number of amides is 1. The van der Waals surface area contributed by atoms with Gasteiger partial charge >= 0.3 is 12.1 Å². The van der Waals surface area contributed by atoms with Crippen molar-refractivity contribution in [2.24, 2.45) is 10.8 Å². The molecule has 2 rings (SSSR count). The van der Waals surface area contributed by atoms with Crippen molar-refractivity contribution < 1.29 is 19.4 Å². The number of rotatable bonds is 1. The molecule has 0 radical (unpaired) electrons. The highest BCUT2D eigenvalue weighted by Gasteiger charge is 2.66. The summed E-state index contributed by atoms with van der Waals surface area (Å²) < 4.78 is 4.99. The summed E-state index contributed by atoms with van der Waals surface area (Å²) in [5, 5.41) is 9.32. The first-order chi connectivity index (χ1) is 8.25. The van der Waals surface area contributed by atoms with Crippen LogP contribution in [0.25, 0.3) is 0 Å². The van der Waals surface area contributed by atoms with Gasteiger partial charge in [0.25, 0.3) is 0 Å². The molecule has 2 fully saturated rings. The fourth-order valence-corrected chi connectivity index (χ4v) is 3.88. The molecular weight excluding hydrogens is 234 g/mol. The Hall–Kier alpha value is -1.26. The largest absolute Gasteiger partial charge is 0.469 e. The third-order valence-corrected chi connectivity index (χ3v) is 4.74. The van der Waals surface area contributed by atoms with Crippen molar-refractivity contribution in [3.8, 4) is 0 Å². The van der Waals surface area contributed by atoms with Crippen LogP contribution in [0.15, 0.2) is 0 Å². The zero-order valence-corrected chi connectivity index (χ0v) is 11.4. The summed E-state index contributed by atoms with van der Waals surface area (Å²) >= 11 is 0. The number of fused-ring (bicyclic) bond motifs is 2. The van der Waals surface area contributed by atoms with Crippen LogP contribution in [0, 0.1) is 10.8 Å². The first-order valence-corrected chi connectivity index (χ1v) is 6.35. The van der Waals surface area contributed by atoms with Crippen molar-refractivity contribution >= 4 is 12.1 Å². The second kappa shape index (κ2) is 3.87. The van der Waals surface area contributed by atoms with Gasteiger partial charge in [-0.25, -0.2) is 4.79 Å². The number of nitrogens with zero attached hydrogens (tertiary/aromatic N) is 1. The van der Waals surface area contributed by atoms with E-state index >= 15 is 0 Å². The summed E-state index contributed by atoms with van der Waals surface area (Å²) in [6, 6.07) is -0.279. The zero-order valence-electron chi connectivity index (χ0n) is 11.4. The van der Waals surface area contributed by atoms with Crippen molar-refractivity contribution in [1.29, 1.82) is 0 Å². The summed E-state index contributed by atoms with van der Waals surface area (Å²) in [5.41, 5.74) is -1.02. The van der Waals surface area contributed by atoms with Crippen LogP contribution >= 0.6 is 0 Å². The van der Waals surface area contributed by atoms with Crippen LogP contribution < -0.4 is 0 Å². The number of carbonyl (C=O) groups excluding carboxylic acids is 1. The predicted molar refractivity (Wildman–Crippen MR) is 65.2 cm³/mol. The van der Waals surface area contributed by atoms with Gasteiger partial charge in [-0.3, -0.25) is 4.79 Å². The van der Waals surface area contributed by atoms with Gasteiger partial charge in [0, 0.05) is 6.04 Å². The second-order valence-corrected chi connectivity index (χ2v) is 6.35. The predicted octanol–water partition coefficient (Wildman–Crippen LogP) is 2.11. The fraction of sp³-hybridized carbons (Fsp3) is 0.846. The van der Waals surface area contributed by atoms with Gasteiger partial charge < -0.3 is 14.7 Å². The molecule has 1 amide bonds.